The summed E-state index contributed by atoms with van der Waals surface area (Å²) >= 11 is 0. The number of hydrogen-bond donors (Lipinski definition) is 1. The van der Waals surface area contributed by atoms with Crippen molar-refractivity contribution in [3.8, 4) is 5.69 Å². The highest BCUT2D eigenvalue weighted by atomic mass is 16.1. The van der Waals surface area contributed by atoms with Gasteiger partial charge in [-0.25, -0.2) is 9.67 Å². The fourth-order valence-electron chi connectivity index (χ4n) is 4.60. The van der Waals surface area contributed by atoms with E-state index < -0.39 is 0 Å². The van der Waals surface area contributed by atoms with Crippen LogP contribution in [0, 0.1) is 34.6 Å². The van der Waals surface area contributed by atoms with Crippen molar-refractivity contribution in [2.75, 3.05) is 6.54 Å². The molecule has 5 heteroatoms. The minimum atomic E-state index is 0.0921. The summed E-state index contributed by atoms with van der Waals surface area (Å²) in [5.41, 5.74) is 9.95. The van der Waals surface area contributed by atoms with E-state index in [1.54, 1.807) is 0 Å². The van der Waals surface area contributed by atoms with E-state index in [1.807, 2.05) is 24.6 Å². The van der Waals surface area contributed by atoms with Crippen molar-refractivity contribution in [1.29, 1.82) is 0 Å². The van der Waals surface area contributed by atoms with Gasteiger partial charge in [0.1, 0.15) is 0 Å². The molecule has 5 nitrogen and oxygen atoms in total. The SMILES string of the molecule is Cc1ccc(-n2nc(C)c3c(C)c(CCC(=O)NCCCc4ccccc4)c(C)nc32)cc1C. The number of nitrogens with zero attached hydrogens (tertiary/aromatic N) is 3. The Labute approximate surface area is 202 Å². The highest BCUT2D eigenvalue weighted by Gasteiger charge is 2.18. The number of carbonyl (C=O) groups excluding carboxylic acids is 1. The van der Waals surface area contributed by atoms with Gasteiger partial charge < -0.3 is 5.32 Å². The molecule has 0 spiro atoms. The molecule has 1 amide bonds. The molecule has 2 heterocycles. The summed E-state index contributed by atoms with van der Waals surface area (Å²) in [5.74, 6) is 0.0921. The summed E-state index contributed by atoms with van der Waals surface area (Å²) in [6, 6.07) is 16.8. The lowest BCUT2D eigenvalue weighted by molar-refractivity contribution is -0.121. The molecular formula is C29H34N4O. The summed E-state index contributed by atoms with van der Waals surface area (Å²) in [6.07, 6.45) is 3.06. The Morgan fingerprint density at radius 2 is 1.68 bits per heavy atom. The van der Waals surface area contributed by atoms with E-state index in [9.17, 15) is 4.79 Å². The summed E-state index contributed by atoms with van der Waals surface area (Å²) in [6.45, 7) is 11.1. The number of amides is 1. The van der Waals surface area contributed by atoms with Crippen LogP contribution in [0.5, 0.6) is 0 Å². The lowest BCUT2D eigenvalue weighted by atomic mass is 9.99. The fraction of sp³-hybridized carbons (Fsp3) is 0.345. The summed E-state index contributed by atoms with van der Waals surface area (Å²) < 4.78 is 1.94. The quantitative estimate of drug-likeness (QED) is 0.350. The molecule has 2 aromatic heterocycles. The zero-order valence-corrected chi connectivity index (χ0v) is 20.9. The van der Waals surface area contributed by atoms with E-state index >= 15 is 0 Å². The monoisotopic (exact) mass is 454 g/mol. The van der Waals surface area contributed by atoms with E-state index in [1.165, 1.54) is 22.3 Å². The predicted octanol–water partition coefficient (Wildman–Crippen LogP) is 5.64. The molecule has 0 aliphatic rings. The van der Waals surface area contributed by atoms with Gasteiger partial charge in [-0.3, -0.25) is 4.79 Å². The van der Waals surface area contributed by atoms with E-state index in [4.69, 9.17) is 10.1 Å². The molecule has 4 rings (SSSR count). The van der Waals surface area contributed by atoms with Crippen molar-refractivity contribution >= 4 is 16.9 Å². The molecule has 0 saturated heterocycles. The molecular weight excluding hydrogens is 420 g/mol. The highest BCUT2D eigenvalue weighted by molar-refractivity contribution is 5.85. The lowest BCUT2D eigenvalue weighted by Crippen LogP contribution is -2.25. The van der Waals surface area contributed by atoms with Gasteiger partial charge in [0.25, 0.3) is 0 Å². The van der Waals surface area contributed by atoms with Crippen molar-refractivity contribution < 1.29 is 4.79 Å². The number of hydrogen-bond acceptors (Lipinski definition) is 3. The van der Waals surface area contributed by atoms with Crippen molar-refractivity contribution in [3.05, 3.63) is 87.7 Å². The average molecular weight is 455 g/mol. The molecule has 176 valence electrons. The molecule has 34 heavy (non-hydrogen) atoms. The third kappa shape index (κ3) is 5.04. The van der Waals surface area contributed by atoms with Crippen LogP contribution in [0.2, 0.25) is 0 Å². The predicted molar refractivity (Wildman–Crippen MR) is 139 cm³/mol. The van der Waals surface area contributed by atoms with Crippen LogP contribution in [0.1, 0.15) is 52.0 Å². The van der Waals surface area contributed by atoms with Gasteiger partial charge in [0.15, 0.2) is 5.65 Å². The second kappa shape index (κ2) is 10.2. The Morgan fingerprint density at radius 3 is 2.41 bits per heavy atom. The van der Waals surface area contributed by atoms with E-state index in [0.717, 1.165) is 46.5 Å². The molecule has 0 unspecified atom stereocenters. The largest absolute Gasteiger partial charge is 0.356 e. The first kappa shape index (κ1) is 23.7. The maximum absolute atomic E-state index is 12.5. The normalized spacial score (nSPS) is 11.2. The van der Waals surface area contributed by atoms with Gasteiger partial charge in [0, 0.05) is 24.0 Å². The van der Waals surface area contributed by atoms with Crippen LogP contribution in [-0.4, -0.2) is 27.2 Å². The van der Waals surface area contributed by atoms with Crippen LogP contribution in [0.3, 0.4) is 0 Å². The summed E-state index contributed by atoms with van der Waals surface area (Å²) in [4.78, 5) is 17.4. The van der Waals surface area contributed by atoms with Gasteiger partial charge in [0.2, 0.25) is 5.91 Å². The average Bonchev–Trinajstić information content (AvgIpc) is 3.15. The number of aromatic nitrogens is 3. The number of nitrogens with one attached hydrogen (secondary N) is 1. The third-order valence-electron chi connectivity index (χ3n) is 6.72. The first-order valence-electron chi connectivity index (χ1n) is 12.1. The van der Waals surface area contributed by atoms with Crippen LogP contribution in [0.25, 0.3) is 16.7 Å². The summed E-state index contributed by atoms with van der Waals surface area (Å²) in [5, 5.41) is 8.97. The Balaban J connectivity index is 1.45. The van der Waals surface area contributed by atoms with Crippen LogP contribution in [-0.2, 0) is 17.6 Å². The smallest absolute Gasteiger partial charge is 0.220 e. The van der Waals surface area contributed by atoms with Crippen LogP contribution < -0.4 is 5.32 Å². The molecule has 0 aliphatic carbocycles. The molecule has 1 N–H and O–H groups in total. The third-order valence-corrected chi connectivity index (χ3v) is 6.72. The first-order valence-corrected chi connectivity index (χ1v) is 12.1. The van der Waals surface area contributed by atoms with E-state index in [2.05, 4.69) is 68.6 Å². The zero-order valence-electron chi connectivity index (χ0n) is 20.9. The molecule has 0 radical (unpaired) electrons. The number of pyridine rings is 1. The highest BCUT2D eigenvalue weighted by Crippen LogP contribution is 2.28. The standard InChI is InChI=1S/C29H34N4O/c1-19-13-14-25(18-20(19)2)33-29-28(23(5)32-33)21(3)26(22(4)31-29)15-16-27(34)30-17-9-12-24-10-7-6-8-11-24/h6-8,10-11,13-14,18H,9,12,15-17H2,1-5H3,(H,30,34). The van der Waals surface area contributed by atoms with Gasteiger partial charge in [0.05, 0.1) is 11.4 Å². The molecule has 0 aliphatic heterocycles. The van der Waals surface area contributed by atoms with E-state index in [0.29, 0.717) is 19.4 Å². The minimum Gasteiger partial charge on any atom is -0.356 e. The van der Waals surface area contributed by atoms with Crippen molar-refractivity contribution in [2.24, 2.45) is 0 Å². The van der Waals surface area contributed by atoms with Gasteiger partial charge in [-0.2, -0.15) is 5.10 Å². The number of fused-ring (bicyclic) bond motifs is 1. The molecule has 0 bridgehead atoms. The Morgan fingerprint density at radius 1 is 0.912 bits per heavy atom. The van der Waals surface area contributed by atoms with Gasteiger partial charge in [-0.05, 0) is 93.8 Å². The van der Waals surface area contributed by atoms with Gasteiger partial charge >= 0.3 is 0 Å². The second-order valence-corrected chi connectivity index (χ2v) is 9.20. The van der Waals surface area contributed by atoms with Crippen LogP contribution in [0.4, 0.5) is 0 Å². The molecule has 4 aromatic rings. The molecule has 0 fully saturated rings. The Kier molecular flexibility index (Phi) is 7.11. The van der Waals surface area contributed by atoms with Crippen molar-refractivity contribution in [2.45, 2.75) is 60.3 Å². The first-order chi connectivity index (χ1) is 16.3. The summed E-state index contributed by atoms with van der Waals surface area (Å²) in [7, 11) is 0. The van der Waals surface area contributed by atoms with E-state index in [-0.39, 0.29) is 5.91 Å². The number of rotatable bonds is 8. The number of carbonyl (C=O) groups is 1. The Bertz CT molecular complexity index is 1320. The molecule has 0 atom stereocenters. The molecule has 0 saturated carbocycles. The van der Waals surface area contributed by atoms with Crippen molar-refractivity contribution in [3.63, 3.8) is 0 Å². The second-order valence-electron chi connectivity index (χ2n) is 9.20. The van der Waals surface area contributed by atoms with Crippen LogP contribution >= 0.6 is 0 Å². The van der Waals surface area contributed by atoms with Crippen molar-refractivity contribution in [1.82, 2.24) is 20.1 Å². The maximum Gasteiger partial charge on any atom is 0.220 e. The number of aryl methyl sites for hydroxylation is 6. The van der Waals surface area contributed by atoms with Gasteiger partial charge in [-0.1, -0.05) is 36.4 Å². The van der Waals surface area contributed by atoms with Crippen LogP contribution in [0.15, 0.2) is 48.5 Å². The fourth-order valence-corrected chi connectivity index (χ4v) is 4.60. The lowest BCUT2D eigenvalue weighted by Gasteiger charge is -2.12. The molecule has 2 aromatic carbocycles. The number of benzene rings is 2. The zero-order chi connectivity index (χ0) is 24.2. The topological polar surface area (TPSA) is 59.8 Å². The maximum atomic E-state index is 12.5. The van der Waals surface area contributed by atoms with Gasteiger partial charge in [-0.15, -0.1) is 0 Å². The minimum absolute atomic E-state index is 0.0921. The Hall–Kier alpha value is -3.47.